The van der Waals surface area contributed by atoms with Crippen molar-refractivity contribution in [3.05, 3.63) is 59.2 Å². The van der Waals surface area contributed by atoms with Crippen molar-refractivity contribution in [1.82, 2.24) is 0 Å². The summed E-state index contributed by atoms with van der Waals surface area (Å²) in [5.41, 5.74) is 4.74. The maximum Gasteiger partial charge on any atom is 0.149 e. The van der Waals surface area contributed by atoms with Crippen LogP contribution in [-0.4, -0.2) is 22.4 Å². The van der Waals surface area contributed by atoms with Gasteiger partial charge in [0.05, 0.1) is 0 Å². The van der Waals surface area contributed by atoms with Gasteiger partial charge in [0.25, 0.3) is 0 Å². The highest BCUT2D eigenvalue weighted by molar-refractivity contribution is 5.84. The molecule has 0 amide bonds. The Morgan fingerprint density at radius 2 is 1.74 bits per heavy atom. The number of fused-ring (bicyclic) bond motifs is 2. The molecule has 2 aliphatic carbocycles. The van der Waals surface area contributed by atoms with E-state index in [4.69, 9.17) is 4.74 Å². The third-order valence-corrected chi connectivity index (χ3v) is 4.69. The molecule has 0 saturated carbocycles. The summed E-state index contributed by atoms with van der Waals surface area (Å²) in [5, 5.41) is 20.4. The highest BCUT2D eigenvalue weighted by atomic mass is 16.6. The van der Waals surface area contributed by atoms with Gasteiger partial charge in [0.15, 0.2) is 0 Å². The van der Waals surface area contributed by atoms with E-state index in [0.29, 0.717) is 0 Å². The predicted molar refractivity (Wildman–Crippen MR) is 68.5 cm³/mol. The summed E-state index contributed by atoms with van der Waals surface area (Å²) < 4.78 is 5.89. The van der Waals surface area contributed by atoms with Gasteiger partial charge in [-0.15, -0.1) is 0 Å². The summed E-state index contributed by atoms with van der Waals surface area (Å²) in [5.74, 6) is 0. The molecular formula is C16H12O3. The molecule has 1 saturated heterocycles. The molecule has 1 heterocycles. The van der Waals surface area contributed by atoms with Crippen molar-refractivity contribution < 1.29 is 14.9 Å². The molecule has 3 aliphatic rings. The van der Waals surface area contributed by atoms with Gasteiger partial charge in [0.2, 0.25) is 0 Å². The molecule has 0 aromatic heterocycles. The molecule has 3 nitrogen and oxygen atoms in total. The lowest BCUT2D eigenvalue weighted by molar-refractivity contribution is -0.000531. The maximum atomic E-state index is 10.2. The molecule has 2 aromatic rings. The Labute approximate surface area is 110 Å². The number of aliphatic hydroxyl groups excluding tert-OH is 2. The molecule has 3 heteroatoms. The average Bonchev–Trinajstić information content (AvgIpc) is 3.14. The fraction of sp³-hybridized carbons (Fsp3) is 0.250. The van der Waals surface area contributed by atoms with Gasteiger partial charge >= 0.3 is 0 Å². The second-order valence-electron chi connectivity index (χ2n) is 5.52. The van der Waals surface area contributed by atoms with Crippen LogP contribution >= 0.6 is 0 Å². The molecule has 1 aliphatic heterocycles. The Morgan fingerprint density at radius 1 is 0.947 bits per heavy atom. The summed E-state index contributed by atoms with van der Waals surface area (Å²) >= 11 is 0. The van der Waals surface area contributed by atoms with Crippen LogP contribution in [0.3, 0.4) is 0 Å². The zero-order chi connectivity index (χ0) is 12.8. The van der Waals surface area contributed by atoms with Gasteiger partial charge in [-0.05, 0) is 22.3 Å². The molecule has 19 heavy (non-hydrogen) atoms. The maximum absolute atomic E-state index is 10.2. The molecule has 0 unspecified atom stereocenters. The quantitative estimate of drug-likeness (QED) is 0.702. The summed E-state index contributed by atoms with van der Waals surface area (Å²) in [6, 6.07) is 14.0. The van der Waals surface area contributed by atoms with Crippen molar-refractivity contribution in [1.29, 1.82) is 0 Å². The lowest BCUT2D eigenvalue weighted by Crippen LogP contribution is -2.34. The number of hydrogen-bond acceptors (Lipinski definition) is 3. The molecule has 0 radical (unpaired) electrons. The highest BCUT2D eigenvalue weighted by Crippen LogP contribution is 2.66. The van der Waals surface area contributed by atoms with Crippen LogP contribution in [-0.2, 0) is 10.3 Å². The van der Waals surface area contributed by atoms with Crippen molar-refractivity contribution in [2.75, 3.05) is 0 Å². The van der Waals surface area contributed by atoms with Crippen LogP contribution in [0.4, 0.5) is 0 Å². The van der Waals surface area contributed by atoms with E-state index in [9.17, 15) is 10.2 Å². The van der Waals surface area contributed by atoms with E-state index in [0.717, 1.165) is 27.8 Å². The van der Waals surface area contributed by atoms with Crippen molar-refractivity contribution >= 4 is 0 Å². The summed E-state index contributed by atoms with van der Waals surface area (Å²) in [7, 11) is 0. The van der Waals surface area contributed by atoms with Crippen molar-refractivity contribution in [2.45, 2.75) is 23.9 Å². The summed E-state index contributed by atoms with van der Waals surface area (Å²) in [6.07, 6.45) is -2.03. The first-order valence-corrected chi connectivity index (χ1v) is 6.52. The number of aliphatic hydroxyl groups is 2. The SMILES string of the molecule is O[C@H]1[C@H](O)c2cccc3c2[C@@]2(O[C@H]12)c1ccccc1-3. The van der Waals surface area contributed by atoms with E-state index in [1.165, 1.54) is 0 Å². The minimum atomic E-state index is -0.857. The second-order valence-corrected chi connectivity index (χ2v) is 5.52. The predicted octanol–water partition coefficient (Wildman–Crippen LogP) is 1.72. The van der Waals surface area contributed by atoms with Gasteiger partial charge in [0, 0.05) is 5.56 Å². The number of rotatable bonds is 0. The topological polar surface area (TPSA) is 53.0 Å². The number of epoxide rings is 1. The van der Waals surface area contributed by atoms with Crippen LogP contribution in [0.2, 0.25) is 0 Å². The zero-order valence-corrected chi connectivity index (χ0v) is 10.1. The molecule has 4 atom stereocenters. The van der Waals surface area contributed by atoms with E-state index in [-0.39, 0.29) is 6.10 Å². The Hall–Kier alpha value is -1.68. The van der Waals surface area contributed by atoms with Crippen molar-refractivity contribution in [2.24, 2.45) is 0 Å². The van der Waals surface area contributed by atoms with Crippen LogP contribution in [0, 0.1) is 0 Å². The molecule has 0 bridgehead atoms. The lowest BCUT2D eigenvalue weighted by atomic mass is 9.79. The zero-order valence-electron chi connectivity index (χ0n) is 10.1. The van der Waals surface area contributed by atoms with Gasteiger partial charge in [0.1, 0.15) is 23.9 Å². The largest absolute Gasteiger partial charge is 0.387 e. The first-order valence-electron chi connectivity index (χ1n) is 6.52. The Morgan fingerprint density at radius 3 is 2.63 bits per heavy atom. The van der Waals surface area contributed by atoms with Gasteiger partial charge in [-0.3, -0.25) is 0 Å². The first-order chi connectivity index (χ1) is 9.25. The third kappa shape index (κ3) is 0.920. The molecule has 94 valence electrons. The monoisotopic (exact) mass is 252 g/mol. The Kier molecular flexibility index (Phi) is 1.55. The highest BCUT2D eigenvalue weighted by Gasteiger charge is 2.70. The standard InChI is InChI=1S/C16H12O3/c17-13-10-6-3-5-9-8-4-1-2-7-11(8)16(12(9)10)15(19-16)14(13)18/h1-7,13-15,17-18H/t13-,14+,15-,16+/m1/s1. The second kappa shape index (κ2) is 2.90. The van der Waals surface area contributed by atoms with E-state index in [2.05, 4.69) is 18.2 Å². The first kappa shape index (κ1) is 10.1. The minimum Gasteiger partial charge on any atom is -0.387 e. The number of benzene rings is 2. The van der Waals surface area contributed by atoms with Gasteiger partial charge in [-0.1, -0.05) is 42.5 Å². The van der Waals surface area contributed by atoms with Crippen LogP contribution in [0.25, 0.3) is 11.1 Å². The number of hydrogen-bond donors (Lipinski definition) is 2. The van der Waals surface area contributed by atoms with Gasteiger partial charge < -0.3 is 14.9 Å². The molecule has 1 spiro atoms. The van der Waals surface area contributed by atoms with Crippen molar-refractivity contribution in [3.8, 4) is 11.1 Å². The summed E-state index contributed by atoms with van der Waals surface area (Å²) in [4.78, 5) is 0. The smallest absolute Gasteiger partial charge is 0.149 e. The van der Waals surface area contributed by atoms with Gasteiger partial charge in [-0.25, -0.2) is 0 Å². The molecule has 1 fully saturated rings. The fourth-order valence-electron chi connectivity index (χ4n) is 3.88. The summed E-state index contributed by atoms with van der Waals surface area (Å²) in [6.45, 7) is 0. The van der Waals surface area contributed by atoms with Gasteiger partial charge in [-0.2, -0.15) is 0 Å². The number of ether oxygens (including phenoxy) is 1. The molecule has 2 aromatic carbocycles. The van der Waals surface area contributed by atoms with E-state index in [1.807, 2.05) is 24.3 Å². The normalized spacial score (nSPS) is 36.4. The van der Waals surface area contributed by atoms with Crippen LogP contribution in [0.5, 0.6) is 0 Å². The minimum absolute atomic E-state index is 0.320. The fourth-order valence-corrected chi connectivity index (χ4v) is 3.88. The van der Waals surface area contributed by atoms with Crippen LogP contribution in [0.1, 0.15) is 22.8 Å². The lowest BCUT2D eigenvalue weighted by Gasteiger charge is -2.26. The molecule has 5 rings (SSSR count). The third-order valence-electron chi connectivity index (χ3n) is 4.69. The molecule has 2 N–H and O–H groups in total. The Balaban J connectivity index is 1.94. The molecular weight excluding hydrogens is 240 g/mol. The average molecular weight is 252 g/mol. The van der Waals surface area contributed by atoms with E-state index < -0.39 is 17.8 Å². The van der Waals surface area contributed by atoms with Crippen LogP contribution in [0.15, 0.2) is 42.5 Å². The van der Waals surface area contributed by atoms with Crippen LogP contribution < -0.4 is 0 Å². The van der Waals surface area contributed by atoms with Crippen molar-refractivity contribution in [3.63, 3.8) is 0 Å². The Bertz CT molecular complexity index is 724. The van der Waals surface area contributed by atoms with E-state index in [1.54, 1.807) is 0 Å². The van der Waals surface area contributed by atoms with E-state index >= 15 is 0 Å².